The summed E-state index contributed by atoms with van der Waals surface area (Å²) in [6.07, 6.45) is 29.7. The van der Waals surface area contributed by atoms with E-state index in [0.29, 0.717) is 13.0 Å². The maximum atomic E-state index is 12.0. The third-order valence-corrected chi connectivity index (χ3v) is 6.58. The highest BCUT2D eigenvalue weighted by atomic mass is 16.5. The predicted molar refractivity (Wildman–Crippen MR) is 144 cm³/mol. The smallest absolute Gasteiger partial charge is 0.307 e. The van der Waals surface area contributed by atoms with E-state index in [1.54, 1.807) is 0 Å². The first-order valence-electron chi connectivity index (χ1n) is 14.6. The zero-order valence-electron chi connectivity index (χ0n) is 22.7. The van der Waals surface area contributed by atoms with E-state index in [4.69, 9.17) is 4.74 Å². The van der Waals surface area contributed by atoms with Crippen molar-refractivity contribution in [1.82, 2.24) is 0 Å². The van der Waals surface area contributed by atoms with E-state index in [0.717, 1.165) is 25.7 Å². The molecule has 0 aliphatic rings. The number of carbonyl (C=O) groups is 2. The fraction of sp³-hybridized carbons (Fsp3) is 0.867. The molecule has 0 amide bonds. The third kappa shape index (κ3) is 23.8. The fourth-order valence-electron chi connectivity index (χ4n) is 4.26. The van der Waals surface area contributed by atoms with E-state index in [1.807, 2.05) is 6.08 Å². The van der Waals surface area contributed by atoms with Crippen LogP contribution in [-0.2, 0) is 14.3 Å². The number of unbranched alkanes of at least 4 members (excludes halogenated alkanes) is 18. The number of carboxylic acids is 1. The topological polar surface area (TPSA) is 63.6 Å². The lowest BCUT2D eigenvalue weighted by Gasteiger charge is -2.10. The van der Waals surface area contributed by atoms with Crippen LogP contribution in [0.15, 0.2) is 12.2 Å². The van der Waals surface area contributed by atoms with Gasteiger partial charge in [0.15, 0.2) is 0 Å². The number of hydrogen-bond donors (Lipinski definition) is 1. The zero-order valence-corrected chi connectivity index (χ0v) is 22.7. The van der Waals surface area contributed by atoms with Crippen LogP contribution in [0.25, 0.3) is 0 Å². The second-order valence-electron chi connectivity index (χ2n) is 9.97. The third-order valence-electron chi connectivity index (χ3n) is 6.58. The van der Waals surface area contributed by atoms with Crippen LogP contribution in [0.5, 0.6) is 0 Å². The lowest BCUT2D eigenvalue weighted by atomic mass is 10.0. The Hall–Kier alpha value is -1.32. The zero-order chi connectivity index (χ0) is 25.1. The van der Waals surface area contributed by atoms with Gasteiger partial charge < -0.3 is 9.84 Å². The summed E-state index contributed by atoms with van der Waals surface area (Å²) in [5.41, 5.74) is 0. The van der Waals surface area contributed by atoms with E-state index >= 15 is 0 Å². The summed E-state index contributed by atoms with van der Waals surface area (Å²) in [6.45, 7) is 4.87. The quantitative estimate of drug-likeness (QED) is 0.0760. The molecule has 0 heterocycles. The van der Waals surface area contributed by atoms with Crippen molar-refractivity contribution in [3.8, 4) is 0 Å². The number of carboxylic acid groups (broad SMARTS) is 1. The lowest BCUT2D eigenvalue weighted by molar-refractivity contribution is -0.151. The SMILES string of the molecule is CCCCCCCCCCCCCCC/C=C/C[C@H](CC(=O)OCCCCCCCC)C(=O)O. The number of ether oxygens (including phenoxy) is 1. The minimum absolute atomic E-state index is 0.0335. The van der Waals surface area contributed by atoms with Crippen molar-refractivity contribution in [2.24, 2.45) is 5.92 Å². The lowest BCUT2D eigenvalue weighted by Crippen LogP contribution is -2.19. The maximum Gasteiger partial charge on any atom is 0.307 e. The van der Waals surface area contributed by atoms with Crippen molar-refractivity contribution >= 4 is 11.9 Å². The number of rotatable bonds is 26. The van der Waals surface area contributed by atoms with Crippen molar-refractivity contribution in [2.45, 2.75) is 155 Å². The van der Waals surface area contributed by atoms with Crippen LogP contribution in [-0.4, -0.2) is 23.7 Å². The Morgan fingerprint density at radius 3 is 1.56 bits per heavy atom. The average Bonchev–Trinajstić information content (AvgIpc) is 2.82. The van der Waals surface area contributed by atoms with Gasteiger partial charge in [0.25, 0.3) is 0 Å². The summed E-state index contributed by atoms with van der Waals surface area (Å²) >= 11 is 0. The average molecular weight is 481 g/mol. The molecule has 0 aromatic rings. The van der Waals surface area contributed by atoms with Gasteiger partial charge in [-0.15, -0.1) is 0 Å². The molecule has 0 rings (SSSR count). The van der Waals surface area contributed by atoms with Gasteiger partial charge in [0, 0.05) is 0 Å². The van der Waals surface area contributed by atoms with Crippen LogP contribution in [0, 0.1) is 5.92 Å². The van der Waals surface area contributed by atoms with Gasteiger partial charge in [-0.1, -0.05) is 135 Å². The molecule has 1 atom stereocenters. The second kappa shape index (κ2) is 26.3. The van der Waals surface area contributed by atoms with Gasteiger partial charge in [0.05, 0.1) is 18.9 Å². The van der Waals surface area contributed by atoms with Crippen molar-refractivity contribution in [1.29, 1.82) is 0 Å². The summed E-state index contributed by atoms with van der Waals surface area (Å²) in [7, 11) is 0. The van der Waals surface area contributed by atoms with Crippen LogP contribution in [0.2, 0.25) is 0 Å². The molecule has 0 saturated carbocycles. The Labute approximate surface area is 211 Å². The highest BCUT2D eigenvalue weighted by molar-refractivity contribution is 5.78. The van der Waals surface area contributed by atoms with Crippen LogP contribution in [0.4, 0.5) is 0 Å². The van der Waals surface area contributed by atoms with Gasteiger partial charge in [-0.2, -0.15) is 0 Å². The normalized spacial score (nSPS) is 12.3. The van der Waals surface area contributed by atoms with Crippen molar-refractivity contribution < 1.29 is 19.4 Å². The minimum Gasteiger partial charge on any atom is -0.481 e. The van der Waals surface area contributed by atoms with Crippen LogP contribution in [0.1, 0.15) is 155 Å². The molecule has 1 N–H and O–H groups in total. The Morgan fingerprint density at radius 2 is 1.09 bits per heavy atom. The van der Waals surface area contributed by atoms with Crippen LogP contribution >= 0.6 is 0 Å². The highest BCUT2D eigenvalue weighted by Crippen LogP contribution is 2.15. The molecule has 0 spiro atoms. The molecule has 4 heteroatoms. The predicted octanol–water partition coefficient (Wildman–Crippen LogP) is 9.41. The molecular formula is C30H56O4. The Morgan fingerprint density at radius 1 is 0.647 bits per heavy atom. The number of carbonyl (C=O) groups excluding carboxylic acids is 1. The molecule has 0 saturated heterocycles. The molecule has 4 nitrogen and oxygen atoms in total. The summed E-state index contributed by atoms with van der Waals surface area (Å²) in [5.74, 6) is -1.98. The summed E-state index contributed by atoms with van der Waals surface area (Å²) < 4.78 is 5.24. The van der Waals surface area contributed by atoms with E-state index in [-0.39, 0.29) is 12.4 Å². The molecule has 0 aliphatic carbocycles. The van der Waals surface area contributed by atoms with Crippen molar-refractivity contribution in [2.75, 3.05) is 6.61 Å². The van der Waals surface area contributed by atoms with Gasteiger partial charge in [-0.05, 0) is 25.7 Å². The number of esters is 1. The fourth-order valence-corrected chi connectivity index (χ4v) is 4.26. The van der Waals surface area contributed by atoms with Gasteiger partial charge in [-0.25, -0.2) is 0 Å². The highest BCUT2D eigenvalue weighted by Gasteiger charge is 2.20. The Balaban J connectivity index is 3.63. The van der Waals surface area contributed by atoms with Crippen molar-refractivity contribution in [3.63, 3.8) is 0 Å². The summed E-state index contributed by atoms with van der Waals surface area (Å²) in [6, 6.07) is 0. The van der Waals surface area contributed by atoms with E-state index < -0.39 is 11.9 Å². The molecule has 0 radical (unpaired) electrons. The first-order valence-corrected chi connectivity index (χ1v) is 14.6. The van der Waals surface area contributed by atoms with Gasteiger partial charge in [0.1, 0.15) is 0 Å². The van der Waals surface area contributed by atoms with Crippen molar-refractivity contribution in [3.05, 3.63) is 12.2 Å². The molecule has 0 fully saturated rings. The largest absolute Gasteiger partial charge is 0.481 e. The molecule has 34 heavy (non-hydrogen) atoms. The summed E-state index contributed by atoms with van der Waals surface area (Å²) in [5, 5.41) is 9.40. The standard InChI is InChI=1S/C30H56O4/c1-3-5-7-9-11-12-13-14-15-16-17-18-19-20-21-23-25-28(30(32)33)27-29(31)34-26-24-22-10-8-6-4-2/h21,23,28H,3-20,22,24-27H2,1-2H3,(H,32,33)/b23-21+/t28-/m1/s1. The molecule has 0 bridgehead atoms. The second-order valence-corrected chi connectivity index (χ2v) is 9.97. The van der Waals surface area contributed by atoms with Gasteiger partial charge in [-0.3, -0.25) is 9.59 Å². The van der Waals surface area contributed by atoms with E-state index in [2.05, 4.69) is 19.9 Å². The van der Waals surface area contributed by atoms with E-state index in [9.17, 15) is 14.7 Å². The number of aliphatic carboxylic acids is 1. The molecule has 0 aliphatic heterocycles. The maximum absolute atomic E-state index is 12.0. The molecule has 0 aromatic heterocycles. The van der Waals surface area contributed by atoms with Gasteiger partial charge >= 0.3 is 11.9 Å². The van der Waals surface area contributed by atoms with Crippen LogP contribution in [0.3, 0.4) is 0 Å². The molecule has 0 unspecified atom stereocenters. The number of allylic oxidation sites excluding steroid dienone is 2. The summed E-state index contributed by atoms with van der Waals surface area (Å²) in [4.78, 5) is 23.4. The first kappa shape index (κ1) is 32.7. The molecular weight excluding hydrogens is 424 g/mol. The van der Waals surface area contributed by atoms with Crippen LogP contribution < -0.4 is 0 Å². The molecule has 0 aromatic carbocycles. The Kier molecular flexibility index (Phi) is 25.3. The Bertz CT molecular complexity index is 486. The first-order chi connectivity index (χ1) is 16.6. The van der Waals surface area contributed by atoms with E-state index in [1.165, 1.54) is 103 Å². The number of hydrogen-bond acceptors (Lipinski definition) is 3. The molecule has 200 valence electrons. The monoisotopic (exact) mass is 480 g/mol. The minimum atomic E-state index is -0.915. The van der Waals surface area contributed by atoms with Gasteiger partial charge in [0.2, 0.25) is 0 Å².